The number of benzene rings is 4. The molecular formula is C33H31ClIN3O6. The van der Waals surface area contributed by atoms with E-state index in [4.69, 9.17) is 30.5 Å². The summed E-state index contributed by atoms with van der Waals surface area (Å²) in [6, 6.07) is 23.5. The van der Waals surface area contributed by atoms with Crippen LogP contribution in [-0.2, 0) is 11.4 Å². The third-order valence-electron chi connectivity index (χ3n) is 6.18. The maximum absolute atomic E-state index is 12.8. The number of carbonyl (C=O) groups is 2. The third kappa shape index (κ3) is 9.10. The molecule has 4 aromatic rings. The Bertz CT molecular complexity index is 1650. The van der Waals surface area contributed by atoms with Crippen LogP contribution in [0.5, 0.6) is 23.0 Å². The Kier molecular flexibility index (Phi) is 11.8. The first kappa shape index (κ1) is 32.6. The maximum atomic E-state index is 12.8. The number of aryl methyl sites for hydroxylation is 1. The smallest absolute Gasteiger partial charge is 0.271 e. The molecule has 0 atom stereocenters. The molecule has 0 aliphatic heterocycles. The minimum atomic E-state index is -0.422. The Morgan fingerprint density at radius 2 is 1.73 bits per heavy atom. The van der Waals surface area contributed by atoms with Gasteiger partial charge in [0, 0.05) is 16.3 Å². The number of hydrogen-bond donors (Lipinski definition) is 2. The Morgan fingerprint density at radius 1 is 0.932 bits per heavy atom. The van der Waals surface area contributed by atoms with Gasteiger partial charge in [-0.1, -0.05) is 48.0 Å². The van der Waals surface area contributed by atoms with E-state index in [1.165, 1.54) is 13.3 Å². The lowest BCUT2D eigenvalue weighted by atomic mass is 10.2. The molecule has 0 aromatic heterocycles. The van der Waals surface area contributed by atoms with Crippen LogP contribution in [0.4, 0.5) is 5.69 Å². The maximum Gasteiger partial charge on any atom is 0.271 e. The fourth-order valence-corrected chi connectivity index (χ4v) is 4.93. The second-order valence-electron chi connectivity index (χ2n) is 9.40. The summed E-state index contributed by atoms with van der Waals surface area (Å²) < 4.78 is 23.6. The molecule has 4 aromatic carbocycles. The highest BCUT2D eigenvalue weighted by Gasteiger charge is 2.15. The highest BCUT2D eigenvalue weighted by Crippen LogP contribution is 2.34. The van der Waals surface area contributed by atoms with Crippen LogP contribution in [0.15, 0.2) is 84.0 Å². The number of ether oxygens (including phenoxy) is 4. The molecule has 11 heteroatoms. The lowest BCUT2D eigenvalue weighted by Gasteiger charge is -2.15. The van der Waals surface area contributed by atoms with Crippen molar-refractivity contribution in [3.8, 4) is 23.0 Å². The zero-order valence-corrected chi connectivity index (χ0v) is 27.3. The molecule has 228 valence electrons. The van der Waals surface area contributed by atoms with Crippen molar-refractivity contribution in [3.05, 3.63) is 110 Å². The van der Waals surface area contributed by atoms with Gasteiger partial charge in [0.05, 0.1) is 23.5 Å². The number of hydrogen-bond acceptors (Lipinski definition) is 7. The zero-order valence-electron chi connectivity index (χ0n) is 24.4. The Hall–Kier alpha value is -4.29. The largest absolute Gasteiger partial charge is 0.493 e. The third-order valence-corrected chi connectivity index (χ3v) is 7.39. The van der Waals surface area contributed by atoms with E-state index >= 15 is 0 Å². The fourth-order valence-electron chi connectivity index (χ4n) is 3.96. The highest BCUT2D eigenvalue weighted by atomic mass is 127. The topological polar surface area (TPSA) is 107 Å². The second-order valence-corrected chi connectivity index (χ2v) is 11.0. The van der Waals surface area contributed by atoms with Crippen molar-refractivity contribution in [1.82, 2.24) is 5.43 Å². The Morgan fingerprint density at radius 3 is 2.45 bits per heavy atom. The van der Waals surface area contributed by atoms with Gasteiger partial charge in [0.2, 0.25) is 0 Å². The molecule has 0 aliphatic carbocycles. The molecule has 2 N–H and O–H groups in total. The van der Waals surface area contributed by atoms with Crippen LogP contribution in [0.25, 0.3) is 0 Å². The van der Waals surface area contributed by atoms with E-state index in [2.05, 4.69) is 38.4 Å². The van der Waals surface area contributed by atoms with Crippen LogP contribution in [0.3, 0.4) is 0 Å². The van der Waals surface area contributed by atoms with Crippen LogP contribution < -0.4 is 29.7 Å². The van der Waals surface area contributed by atoms with Crippen molar-refractivity contribution >= 4 is 57.9 Å². The van der Waals surface area contributed by atoms with Gasteiger partial charge in [0.15, 0.2) is 29.6 Å². The van der Waals surface area contributed by atoms with Crippen LogP contribution >= 0.6 is 34.2 Å². The molecule has 0 radical (unpaired) electrons. The molecule has 0 spiro atoms. The average Bonchev–Trinajstić information content (AvgIpc) is 3.02. The summed E-state index contributed by atoms with van der Waals surface area (Å²) in [6.07, 6.45) is 1.49. The summed E-state index contributed by atoms with van der Waals surface area (Å²) >= 11 is 8.25. The number of nitrogens with zero attached hydrogens (tertiary/aromatic N) is 1. The summed E-state index contributed by atoms with van der Waals surface area (Å²) in [6.45, 7) is 4.25. The number of halogens is 2. The van der Waals surface area contributed by atoms with Gasteiger partial charge in [-0.05, 0) is 95.6 Å². The first-order chi connectivity index (χ1) is 21.3. The molecular weight excluding hydrogens is 697 g/mol. The highest BCUT2D eigenvalue weighted by molar-refractivity contribution is 14.1. The van der Waals surface area contributed by atoms with E-state index in [9.17, 15) is 9.59 Å². The number of hydrazone groups is 1. The molecule has 0 saturated carbocycles. The minimum absolute atomic E-state index is 0.232. The number of rotatable bonds is 13. The van der Waals surface area contributed by atoms with Crippen LogP contribution in [0.1, 0.15) is 34.0 Å². The summed E-state index contributed by atoms with van der Waals surface area (Å²) in [7, 11) is 1.52. The van der Waals surface area contributed by atoms with E-state index in [1.54, 1.807) is 42.5 Å². The number of anilines is 1. The van der Waals surface area contributed by atoms with E-state index in [-0.39, 0.29) is 12.5 Å². The van der Waals surface area contributed by atoms with E-state index in [0.717, 1.165) is 11.1 Å². The summed E-state index contributed by atoms with van der Waals surface area (Å²) in [4.78, 5) is 25.3. The Balaban J connectivity index is 1.37. The number of amides is 2. The molecule has 0 aliphatic rings. The SMILES string of the molecule is CCOc1cc(/C=N/NC(=O)c2ccc(OCc3ccccc3)c(OC)c2)cc(I)c1OCC(=O)Nc1ccc(C)c(Cl)c1. The monoisotopic (exact) mass is 727 g/mol. The second kappa shape index (κ2) is 16.0. The quantitative estimate of drug-likeness (QED) is 0.0872. The lowest BCUT2D eigenvalue weighted by Crippen LogP contribution is -2.20. The first-order valence-corrected chi connectivity index (χ1v) is 15.1. The van der Waals surface area contributed by atoms with E-state index < -0.39 is 5.91 Å². The van der Waals surface area contributed by atoms with Crippen molar-refractivity contribution in [2.75, 3.05) is 25.6 Å². The fraction of sp³-hybridized carbons (Fsp3) is 0.182. The van der Waals surface area contributed by atoms with Crippen molar-refractivity contribution in [1.29, 1.82) is 0 Å². The average molecular weight is 728 g/mol. The van der Waals surface area contributed by atoms with E-state index in [0.29, 0.717) is 61.6 Å². The molecule has 4 rings (SSSR count). The van der Waals surface area contributed by atoms with E-state index in [1.807, 2.05) is 50.2 Å². The molecule has 0 bridgehead atoms. The summed E-state index contributed by atoms with van der Waals surface area (Å²) in [5.41, 5.74) is 6.05. The van der Waals surface area contributed by atoms with Gasteiger partial charge < -0.3 is 24.3 Å². The normalized spacial score (nSPS) is 10.8. The predicted octanol–water partition coefficient (Wildman–Crippen LogP) is 7.02. The summed E-state index contributed by atoms with van der Waals surface area (Å²) in [5, 5.41) is 7.44. The molecule has 2 amide bonds. The van der Waals surface area contributed by atoms with Gasteiger partial charge in [-0.25, -0.2) is 5.43 Å². The molecule has 0 heterocycles. The number of carbonyl (C=O) groups excluding carboxylic acids is 2. The number of nitrogens with one attached hydrogen (secondary N) is 2. The zero-order chi connectivity index (χ0) is 31.5. The van der Waals surface area contributed by atoms with Crippen molar-refractivity contribution in [3.63, 3.8) is 0 Å². The molecule has 0 fully saturated rings. The predicted molar refractivity (Wildman–Crippen MR) is 179 cm³/mol. The standard InChI is InChI=1S/C33H31ClIN3O6/c1-4-42-30-15-23(14-27(35)32(30)44-20-31(39)37-25-12-10-21(2)26(34)17-25)18-36-38-33(40)24-11-13-28(29(16-24)41-3)43-19-22-8-6-5-7-9-22/h5-18H,4,19-20H2,1-3H3,(H,37,39)(H,38,40)/b36-18+. The van der Waals surface area contributed by atoms with Gasteiger partial charge in [-0.2, -0.15) is 5.10 Å². The van der Waals surface area contributed by atoms with Gasteiger partial charge in [-0.15, -0.1) is 0 Å². The number of methoxy groups -OCH3 is 1. The van der Waals surface area contributed by atoms with Gasteiger partial charge in [-0.3, -0.25) is 9.59 Å². The van der Waals surface area contributed by atoms with Gasteiger partial charge in [0.25, 0.3) is 11.8 Å². The molecule has 9 nitrogen and oxygen atoms in total. The summed E-state index contributed by atoms with van der Waals surface area (Å²) in [5.74, 6) is 1.05. The van der Waals surface area contributed by atoms with Crippen molar-refractivity contribution < 1.29 is 28.5 Å². The minimum Gasteiger partial charge on any atom is -0.493 e. The van der Waals surface area contributed by atoms with Crippen LogP contribution in [0, 0.1) is 10.5 Å². The van der Waals surface area contributed by atoms with Gasteiger partial charge in [0.1, 0.15) is 6.61 Å². The molecule has 0 unspecified atom stereocenters. The van der Waals surface area contributed by atoms with Crippen molar-refractivity contribution in [2.24, 2.45) is 5.10 Å². The van der Waals surface area contributed by atoms with Crippen LogP contribution in [0.2, 0.25) is 5.02 Å². The molecule has 0 saturated heterocycles. The van der Waals surface area contributed by atoms with Crippen molar-refractivity contribution in [2.45, 2.75) is 20.5 Å². The lowest BCUT2D eigenvalue weighted by molar-refractivity contribution is -0.118. The molecule has 44 heavy (non-hydrogen) atoms. The Labute approximate surface area is 274 Å². The van der Waals surface area contributed by atoms with Gasteiger partial charge >= 0.3 is 0 Å². The van der Waals surface area contributed by atoms with Crippen LogP contribution in [-0.4, -0.2) is 38.4 Å². The first-order valence-electron chi connectivity index (χ1n) is 13.6.